The van der Waals surface area contributed by atoms with Crippen LogP contribution in [0, 0.1) is 0 Å². The quantitative estimate of drug-likeness (QED) is 0.0705. The average Bonchev–Trinajstić information content (AvgIpc) is 3.21. The summed E-state index contributed by atoms with van der Waals surface area (Å²) in [4.78, 5) is 4.92. The number of fused-ring (bicyclic) bond motifs is 1. The summed E-state index contributed by atoms with van der Waals surface area (Å²) in [7, 11) is 0. The smallest absolute Gasteiger partial charge is 0.176 e. The molecule has 286 valence electrons. The minimum Gasteiger partial charge on any atom is -0.469 e. The number of hydrogen-bond acceptors (Lipinski definition) is 5. The fraction of sp³-hybridized carbons (Fsp3) is 0.864. The zero-order chi connectivity index (χ0) is 35.0. The molecule has 0 radical (unpaired) electrons. The van der Waals surface area contributed by atoms with E-state index >= 15 is 0 Å². The molecule has 1 aliphatic rings. The summed E-state index contributed by atoms with van der Waals surface area (Å²) in [6.45, 7) is 14.2. The number of para-hydroxylation sites is 2. The van der Waals surface area contributed by atoms with Gasteiger partial charge in [0.15, 0.2) is 24.0 Å². The summed E-state index contributed by atoms with van der Waals surface area (Å²) >= 11 is 0. The molecule has 1 aromatic carbocycles. The minimum absolute atomic E-state index is 0.0954. The van der Waals surface area contributed by atoms with Gasteiger partial charge >= 0.3 is 0 Å². The van der Waals surface area contributed by atoms with E-state index in [4.69, 9.17) is 14.2 Å². The van der Waals surface area contributed by atoms with Crippen molar-refractivity contribution in [3.63, 3.8) is 0 Å². The molecule has 1 heterocycles. The molecule has 2 rings (SSSR count). The van der Waals surface area contributed by atoms with E-state index < -0.39 is 0 Å². The van der Waals surface area contributed by atoms with Crippen molar-refractivity contribution in [2.45, 2.75) is 207 Å². The fourth-order valence-electron chi connectivity index (χ4n) is 7.31. The highest BCUT2D eigenvalue weighted by Gasteiger charge is 2.27. The zero-order valence-corrected chi connectivity index (χ0v) is 33.2. The lowest BCUT2D eigenvalue weighted by atomic mass is 10.0. The van der Waals surface area contributed by atoms with Crippen molar-refractivity contribution in [3.8, 4) is 11.5 Å². The largest absolute Gasteiger partial charge is 0.469 e. The van der Waals surface area contributed by atoms with Gasteiger partial charge in [0.25, 0.3) is 0 Å². The molecule has 0 saturated heterocycles. The van der Waals surface area contributed by atoms with Crippen LogP contribution in [0.2, 0.25) is 0 Å². The van der Waals surface area contributed by atoms with E-state index in [0.29, 0.717) is 13.2 Å². The molecule has 0 bridgehead atoms. The Morgan fingerprint density at radius 1 is 0.429 bits per heavy atom. The lowest BCUT2D eigenvalue weighted by Crippen LogP contribution is -2.45. The zero-order valence-electron chi connectivity index (χ0n) is 33.2. The van der Waals surface area contributed by atoms with E-state index in [0.717, 1.165) is 37.7 Å². The summed E-state index contributed by atoms with van der Waals surface area (Å²) in [6, 6.07) is 8.24. The third kappa shape index (κ3) is 21.6. The lowest BCUT2D eigenvalue weighted by molar-refractivity contribution is -0.0723. The van der Waals surface area contributed by atoms with Gasteiger partial charge in [0.05, 0.1) is 13.2 Å². The second-order valence-corrected chi connectivity index (χ2v) is 14.9. The first-order valence-electron chi connectivity index (χ1n) is 21.7. The van der Waals surface area contributed by atoms with Gasteiger partial charge in [-0.3, -0.25) is 9.80 Å². The summed E-state index contributed by atoms with van der Waals surface area (Å²) in [6.07, 6.45) is 35.8. The predicted octanol–water partition coefficient (Wildman–Crippen LogP) is 13.0. The number of likely N-dealkylation sites (N-methyl/N-ethyl adjacent to an activating group) is 2. The molecule has 5 nitrogen and oxygen atoms in total. The standard InChI is InChI=1S/C44H82N2O3/c1-5-9-11-13-15-17-19-21-23-25-27-29-33-37-45(7-3)43-39-47-40-44(49-42-36-32-31-35-41(42)48-43)46(8-4)38-34-30-28-26-24-22-20-18-16-14-12-10-6-2/h31-32,35-36,43-44H,5-30,33-34,37-40H2,1-4H3. The van der Waals surface area contributed by atoms with Crippen molar-refractivity contribution in [2.24, 2.45) is 0 Å². The van der Waals surface area contributed by atoms with Crippen LogP contribution in [0.4, 0.5) is 0 Å². The van der Waals surface area contributed by atoms with Gasteiger partial charge in [-0.25, -0.2) is 0 Å². The van der Waals surface area contributed by atoms with E-state index in [9.17, 15) is 0 Å². The summed E-state index contributed by atoms with van der Waals surface area (Å²) < 4.78 is 19.7. The minimum atomic E-state index is -0.0954. The van der Waals surface area contributed by atoms with Crippen LogP contribution in [0.1, 0.15) is 195 Å². The molecule has 0 fully saturated rings. The Balaban J connectivity index is 1.68. The maximum atomic E-state index is 6.64. The monoisotopic (exact) mass is 687 g/mol. The molecule has 2 unspecified atom stereocenters. The van der Waals surface area contributed by atoms with Crippen LogP contribution < -0.4 is 9.47 Å². The maximum absolute atomic E-state index is 6.64. The third-order valence-electron chi connectivity index (χ3n) is 10.6. The lowest BCUT2D eigenvalue weighted by Gasteiger charge is -2.31. The van der Waals surface area contributed by atoms with Crippen LogP contribution in [0.3, 0.4) is 0 Å². The highest BCUT2D eigenvalue weighted by Crippen LogP contribution is 2.31. The van der Waals surface area contributed by atoms with Crippen molar-refractivity contribution in [1.82, 2.24) is 9.80 Å². The molecule has 0 saturated carbocycles. The maximum Gasteiger partial charge on any atom is 0.176 e. The second kappa shape index (κ2) is 31.4. The first-order chi connectivity index (χ1) is 24.2. The van der Waals surface area contributed by atoms with Crippen LogP contribution >= 0.6 is 0 Å². The molecule has 0 spiro atoms. The fourth-order valence-corrected chi connectivity index (χ4v) is 7.31. The first kappa shape index (κ1) is 43.9. The number of ether oxygens (including phenoxy) is 3. The number of rotatable bonds is 32. The highest BCUT2D eigenvalue weighted by atomic mass is 16.6. The molecule has 1 aliphatic heterocycles. The molecular weight excluding hydrogens is 604 g/mol. The van der Waals surface area contributed by atoms with Crippen LogP contribution in [-0.4, -0.2) is 61.6 Å². The van der Waals surface area contributed by atoms with E-state index in [-0.39, 0.29) is 12.5 Å². The van der Waals surface area contributed by atoms with E-state index in [1.54, 1.807) is 0 Å². The average molecular weight is 687 g/mol. The number of hydrogen-bond donors (Lipinski definition) is 0. The van der Waals surface area contributed by atoms with Gasteiger partial charge in [-0.2, -0.15) is 0 Å². The van der Waals surface area contributed by atoms with Crippen molar-refractivity contribution < 1.29 is 14.2 Å². The predicted molar refractivity (Wildman–Crippen MR) is 212 cm³/mol. The van der Waals surface area contributed by atoms with Crippen LogP contribution in [0.5, 0.6) is 11.5 Å². The molecular formula is C44H82N2O3. The number of unbranched alkanes of at least 4 members (excludes halogenated alkanes) is 24. The molecule has 49 heavy (non-hydrogen) atoms. The highest BCUT2D eigenvalue weighted by molar-refractivity contribution is 5.39. The Bertz CT molecular complexity index is 784. The molecule has 1 aromatic rings. The molecule has 2 atom stereocenters. The van der Waals surface area contributed by atoms with Gasteiger partial charge in [0, 0.05) is 13.1 Å². The van der Waals surface area contributed by atoms with Gasteiger partial charge in [-0.05, 0) is 38.1 Å². The Kier molecular flexibility index (Phi) is 28.1. The Labute approximate surface area is 305 Å². The number of benzene rings is 1. The normalized spacial score (nSPS) is 16.6. The van der Waals surface area contributed by atoms with Gasteiger partial charge in [0.1, 0.15) is 0 Å². The number of nitrogens with zero attached hydrogens (tertiary/aromatic N) is 2. The van der Waals surface area contributed by atoms with Crippen LogP contribution in [0.25, 0.3) is 0 Å². The third-order valence-corrected chi connectivity index (χ3v) is 10.6. The van der Waals surface area contributed by atoms with Gasteiger partial charge in [-0.15, -0.1) is 0 Å². The van der Waals surface area contributed by atoms with E-state index in [2.05, 4.69) is 61.8 Å². The summed E-state index contributed by atoms with van der Waals surface area (Å²) in [5, 5.41) is 0. The molecule has 0 aliphatic carbocycles. The second-order valence-electron chi connectivity index (χ2n) is 14.9. The van der Waals surface area contributed by atoms with Gasteiger partial charge in [-0.1, -0.05) is 194 Å². The molecule has 0 N–H and O–H groups in total. The summed E-state index contributed by atoms with van der Waals surface area (Å²) in [5.41, 5.74) is 0. The first-order valence-corrected chi connectivity index (χ1v) is 21.7. The molecule has 0 aromatic heterocycles. The van der Waals surface area contributed by atoms with Crippen molar-refractivity contribution in [1.29, 1.82) is 0 Å². The van der Waals surface area contributed by atoms with Crippen molar-refractivity contribution in [2.75, 3.05) is 39.4 Å². The summed E-state index contributed by atoms with van der Waals surface area (Å²) in [5.74, 6) is 1.67. The van der Waals surface area contributed by atoms with Crippen LogP contribution in [-0.2, 0) is 4.74 Å². The molecule has 5 heteroatoms. The Morgan fingerprint density at radius 3 is 1.00 bits per heavy atom. The topological polar surface area (TPSA) is 34.2 Å². The van der Waals surface area contributed by atoms with Crippen molar-refractivity contribution in [3.05, 3.63) is 24.3 Å². The van der Waals surface area contributed by atoms with Crippen molar-refractivity contribution >= 4 is 0 Å². The van der Waals surface area contributed by atoms with Gasteiger partial charge < -0.3 is 14.2 Å². The molecule has 0 amide bonds. The SMILES string of the molecule is CCCCCCCCCCCCCCCN(CC)C1COCC(N(CC)CCCCCCCCCCCCCCC)Oc2ccccc2O1. The Hall–Kier alpha value is -1.30. The van der Waals surface area contributed by atoms with Crippen LogP contribution in [0.15, 0.2) is 24.3 Å². The van der Waals surface area contributed by atoms with E-state index in [1.807, 2.05) is 0 Å². The Morgan fingerprint density at radius 2 is 0.714 bits per heavy atom. The van der Waals surface area contributed by atoms with E-state index in [1.165, 1.54) is 167 Å². The van der Waals surface area contributed by atoms with Gasteiger partial charge in [0.2, 0.25) is 0 Å².